The van der Waals surface area contributed by atoms with Crippen molar-refractivity contribution < 1.29 is 13.9 Å². The zero-order valence-corrected chi connectivity index (χ0v) is 14.3. The highest BCUT2D eigenvalue weighted by molar-refractivity contribution is 5.92. The molecule has 3 nitrogen and oxygen atoms in total. The van der Waals surface area contributed by atoms with E-state index in [0.29, 0.717) is 5.57 Å². The summed E-state index contributed by atoms with van der Waals surface area (Å²) >= 11 is 0. The number of esters is 1. The number of ether oxygens (including phenoxy) is 1. The summed E-state index contributed by atoms with van der Waals surface area (Å²) in [6.07, 6.45) is 0. The van der Waals surface area contributed by atoms with E-state index in [1.807, 2.05) is 54.6 Å². The third-order valence-corrected chi connectivity index (χ3v) is 5.06. The molecule has 126 valence electrons. The first-order valence-corrected chi connectivity index (χ1v) is 8.52. The molecule has 0 N–H and O–H groups in total. The van der Waals surface area contributed by atoms with E-state index < -0.39 is 11.6 Å². The minimum atomic E-state index is -1.04. The van der Waals surface area contributed by atoms with Gasteiger partial charge < -0.3 is 9.15 Å². The molecule has 0 spiro atoms. The third-order valence-electron chi connectivity index (χ3n) is 5.06. The normalized spacial score (nSPS) is 14.2. The van der Waals surface area contributed by atoms with Crippen molar-refractivity contribution in [2.24, 2.45) is 0 Å². The van der Waals surface area contributed by atoms with E-state index in [9.17, 15) is 4.79 Å². The Balaban J connectivity index is 1.89. The van der Waals surface area contributed by atoms with E-state index in [-0.39, 0.29) is 0 Å². The van der Waals surface area contributed by atoms with Crippen LogP contribution in [-0.2, 0) is 15.1 Å². The second-order valence-electron chi connectivity index (χ2n) is 6.70. The number of carbonyl (C=O) groups is 1. The van der Waals surface area contributed by atoms with E-state index in [1.54, 1.807) is 6.92 Å². The van der Waals surface area contributed by atoms with Crippen molar-refractivity contribution in [1.82, 2.24) is 0 Å². The number of hydrogen-bond donors (Lipinski definition) is 0. The Kier molecular flexibility index (Phi) is 2.93. The molecule has 4 aromatic rings. The Hall–Kier alpha value is -3.33. The fourth-order valence-electron chi connectivity index (χ4n) is 3.94. The van der Waals surface area contributed by atoms with Crippen molar-refractivity contribution in [3.05, 3.63) is 95.6 Å². The van der Waals surface area contributed by atoms with E-state index in [0.717, 1.165) is 39.0 Å². The molecule has 0 saturated carbocycles. The molecule has 0 fully saturated rings. The smallest absolute Gasteiger partial charge is 0.334 e. The van der Waals surface area contributed by atoms with Gasteiger partial charge in [-0.25, -0.2) is 4.79 Å². The standard InChI is InChI=1S/C23H16O3/c1-14(2)22(24)26-23(20-13-15-11-12-21(20)25-15)18-9-5-3-7-16(18)17-8-4-6-10-19(17)23/h3-13H,1H2,2H3. The quantitative estimate of drug-likeness (QED) is 0.377. The zero-order valence-electron chi connectivity index (χ0n) is 14.3. The maximum absolute atomic E-state index is 12.7. The number of fused-ring (bicyclic) bond motifs is 5. The van der Waals surface area contributed by atoms with Crippen LogP contribution in [0, 0.1) is 0 Å². The van der Waals surface area contributed by atoms with Crippen LogP contribution >= 0.6 is 0 Å². The fourth-order valence-corrected chi connectivity index (χ4v) is 3.94. The van der Waals surface area contributed by atoms with Gasteiger partial charge in [-0.05, 0) is 36.2 Å². The molecule has 2 aromatic heterocycles. The summed E-state index contributed by atoms with van der Waals surface area (Å²) in [5.74, 6) is -0.422. The summed E-state index contributed by atoms with van der Waals surface area (Å²) in [5.41, 5.74) is 5.69. The molecule has 0 atom stereocenters. The summed E-state index contributed by atoms with van der Waals surface area (Å²) in [6, 6.07) is 21.9. The maximum Gasteiger partial charge on any atom is 0.334 e. The SMILES string of the molecule is C=C(C)C(=O)OC1(c2cc3ccc2o3)c2ccccc2-c2ccccc21. The van der Waals surface area contributed by atoms with Crippen molar-refractivity contribution in [2.45, 2.75) is 12.5 Å². The molecule has 0 unspecified atom stereocenters. The molecule has 0 radical (unpaired) electrons. The van der Waals surface area contributed by atoms with Crippen LogP contribution < -0.4 is 0 Å². The predicted molar refractivity (Wildman–Crippen MR) is 100 cm³/mol. The minimum Gasteiger partial charge on any atom is -0.457 e. The monoisotopic (exact) mass is 340 g/mol. The zero-order chi connectivity index (χ0) is 17.9. The fraction of sp³-hybridized carbons (Fsp3) is 0.0870. The summed E-state index contributed by atoms with van der Waals surface area (Å²) in [5, 5.41) is 0. The molecule has 0 amide bonds. The lowest BCUT2D eigenvalue weighted by atomic mass is 9.83. The average molecular weight is 340 g/mol. The van der Waals surface area contributed by atoms with E-state index in [4.69, 9.17) is 9.15 Å². The lowest BCUT2D eigenvalue weighted by Crippen LogP contribution is -2.33. The van der Waals surface area contributed by atoms with Crippen molar-refractivity contribution in [3.8, 4) is 11.1 Å². The van der Waals surface area contributed by atoms with Crippen molar-refractivity contribution in [1.29, 1.82) is 0 Å². The number of furan rings is 2. The second kappa shape index (κ2) is 5.09. The lowest BCUT2D eigenvalue weighted by molar-refractivity contribution is -0.148. The highest BCUT2D eigenvalue weighted by Gasteiger charge is 2.50. The van der Waals surface area contributed by atoms with Gasteiger partial charge in [0.25, 0.3) is 0 Å². The largest absolute Gasteiger partial charge is 0.457 e. The van der Waals surface area contributed by atoms with Gasteiger partial charge in [0.15, 0.2) is 5.60 Å². The van der Waals surface area contributed by atoms with Crippen LogP contribution in [-0.4, -0.2) is 5.97 Å². The molecule has 1 aliphatic carbocycles. The Labute approximate surface area is 150 Å². The first-order chi connectivity index (χ1) is 12.6. The van der Waals surface area contributed by atoms with E-state index in [2.05, 4.69) is 18.7 Å². The number of hydrogen-bond acceptors (Lipinski definition) is 3. The minimum absolute atomic E-state index is 0.365. The molecular weight excluding hydrogens is 324 g/mol. The molecule has 0 saturated heterocycles. The van der Waals surface area contributed by atoms with Crippen LogP contribution in [0.3, 0.4) is 0 Å². The first-order valence-electron chi connectivity index (χ1n) is 8.52. The average Bonchev–Trinajstić information content (AvgIpc) is 3.35. The summed E-state index contributed by atoms with van der Waals surface area (Å²) in [6.45, 7) is 5.43. The first kappa shape index (κ1) is 15.0. The Morgan fingerprint density at radius 2 is 1.54 bits per heavy atom. The molecular formula is C23H16O3. The summed E-state index contributed by atoms with van der Waals surface area (Å²) < 4.78 is 12.0. The highest BCUT2D eigenvalue weighted by Crippen LogP contribution is 2.55. The van der Waals surface area contributed by atoms with Gasteiger partial charge in [0.05, 0.1) is 5.56 Å². The maximum atomic E-state index is 12.7. The van der Waals surface area contributed by atoms with Gasteiger partial charge in [-0.3, -0.25) is 0 Å². The van der Waals surface area contributed by atoms with Gasteiger partial charge in [0, 0.05) is 16.7 Å². The molecule has 2 aromatic carbocycles. The van der Waals surface area contributed by atoms with Crippen LogP contribution in [0.1, 0.15) is 23.6 Å². The van der Waals surface area contributed by atoms with Gasteiger partial charge >= 0.3 is 5.97 Å². The molecule has 1 aliphatic rings. The Morgan fingerprint density at radius 1 is 0.923 bits per heavy atom. The third kappa shape index (κ3) is 1.80. The number of rotatable bonds is 3. The molecule has 3 heteroatoms. The molecule has 2 heterocycles. The van der Waals surface area contributed by atoms with Crippen LogP contribution in [0.2, 0.25) is 0 Å². The topological polar surface area (TPSA) is 39.4 Å². The lowest BCUT2D eigenvalue weighted by Gasteiger charge is -2.31. The predicted octanol–water partition coefficient (Wildman–Crippen LogP) is 5.26. The number of carbonyl (C=O) groups excluding carboxylic acids is 1. The van der Waals surface area contributed by atoms with Crippen LogP contribution in [0.4, 0.5) is 0 Å². The Bertz CT molecular complexity index is 1120. The summed E-state index contributed by atoms with van der Waals surface area (Å²) in [4.78, 5) is 12.7. The Morgan fingerprint density at radius 3 is 2.04 bits per heavy atom. The van der Waals surface area contributed by atoms with Crippen LogP contribution in [0.15, 0.2) is 83.3 Å². The van der Waals surface area contributed by atoms with Gasteiger partial charge in [-0.1, -0.05) is 55.1 Å². The molecule has 0 aliphatic heterocycles. The van der Waals surface area contributed by atoms with Gasteiger partial charge in [0.1, 0.15) is 11.2 Å². The van der Waals surface area contributed by atoms with Crippen LogP contribution in [0.5, 0.6) is 0 Å². The van der Waals surface area contributed by atoms with Crippen molar-refractivity contribution in [3.63, 3.8) is 0 Å². The van der Waals surface area contributed by atoms with Gasteiger partial charge in [0.2, 0.25) is 0 Å². The van der Waals surface area contributed by atoms with E-state index in [1.165, 1.54) is 0 Å². The summed E-state index contributed by atoms with van der Waals surface area (Å²) in [7, 11) is 0. The van der Waals surface area contributed by atoms with Gasteiger partial charge in [-0.2, -0.15) is 0 Å². The highest BCUT2D eigenvalue weighted by atomic mass is 16.6. The van der Waals surface area contributed by atoms with Crippen molar-refractivity contribution in [2.75, 3.05) is 0 Å². The molecule has 5 rings (SSSR count). The molecule has 26 heavy (non-hydrogen) atoms. The number of benzene rings is 3. The van der Waals surface area contributed by atoms with Crippen molar-refractivity contribution >= 4 is 17.1 Å². The van der Waals surface area contributed by atoms with Gasteiger partial charge in [-0.15, -0.1) is 0 Å². The second-order valence-corrected chi connectivity index (χ2v) is 6.70. The van der Waals surface area contributed by atoms with E-state index >= 15 is 0 Å². The molecule has 2 bridgehead atoms. The van der Waals surface area contributed by atoms with Crippen LogP contribution in [0.25, 0.3) is 22.3 Å².